The van der Waals surface area contributed by atoms with E-state index in [4.69, 9.17) is 11.5 Å². The number of hydrogen-bond acceptors (Lipinski definition) is 4. The first kappa shape index (κ1) is 12.9. The number of primary amides is 1. The number of nitrogens with one attached hydrogen (secondary N) is 1. The third kappa shape index (κ3) is 3.01. The summed E-state index contributed by atoms with van der Waals surface area (Å²) in [7, 11) is 0. The molecular weight excluding hydrogens is 240 g/mol. The van der Waals surface area contributed by atoms with Crippen LogP contribution in [0.2, 0.25) is 0 Å². The monoisotopic (exact) mass is 256 g/mol. The molecule has 5 nitrogen and oxygen atoms in total. The lowest BCUT2D eigenvalue weighted by Crippen LogP contribution is -2.15. The molecule has 0 fully saturated rings. The molecule has 0 bridgehead atoms. The fourth-order valence-corrected chi connectivity index (χ4v) is 1.80. The van der Waals surface area contributed by atoms with Gasteiger partial charge < -0.3 is 16.8 Å². The Hall–Kier alpha value is -2.56. The molecule has 1 aromatic heterocycles. The van der Waals surface area contributed by atoms with Crippen LogP contribution in [0.3, 0.4) is 0 Å². The zero-order valence-electron chi connectivity index (χ0n) is 10.7. The molecule has 0 aliphatic rings. The first-order chi connectivity index (χ1) is 9.08. The fraction of sp³-hybridized carbons (Fsp3) is 0.143. The van der Waals surface area contributed by atoms with Gasteiger partial charge in [-0.05, 0) is 36.8 Å². The quantitative estimate of drug-likeness (QED) is 0.725. The van der Waals surface area contributed by atoms with Gasteiger partial charge in [0.15, 0.2) is 0 Å². The van der Waals surface area contributed by atoms with E-state index >= 15 is 0 Å². The molecule has 5 heteroatoms. The number of anilines is 2. The highest BCUT2D eigenvalue weighted by atomic mass is 16.1. The summed E-state index contributed by atoms with van der Waals surface area (Å²) in [6.07, 6.45) is 1.74. The molecule has 98 valence electrons. The van der Waals surface area contributed by atoms with Crippen LogP contribution in [0.5, 0.6) is 0 Å². The van der Waals surface area contributed by atoms with Crippen molar-refractivity contribution in [3.63, 3.8) is 0 Å². The Bertz CT molecular complexity index is 610. The van der Waals surface area contributed by atoms with Crippen molar-refractivity contribution >= 4 is 17.3 Å². The zero-order chi connectivity index (χ0) is 13.8. The Morgan fingerprint density at radius 1 is 1.37 bits per heavy atom. The van der Waals surface area contributed by atoms with E-state index in [9.17, 15) is 4.79 Å². The minimum atomic E-state index is -0.507. The third-order valence-corrected chi connectivity index (χ3v) is 2.87. The Morgan fingerprint density at radius 3 is 2.84 bits per heavy atom. The molecule has 19 heavy (non-hydrogen) atoms. The van der Waals surface area contributed by atoms with Crippen LogP contribution in [0.1, 0.15) is 21.6 Å². The number of aromatic nitrogens is 1. The number of nitrogens with zero attached hydrogens (tertiary/aromatic N) is 1. The van der Waals surface area contributed by atoms with Gasteiger partial charge in [0.05, 0.1) is 17.8 Å². The lowest BCUT2D eigenvalue weighted by atomic mass is 10.1. The minimum Gasteiger partial charge on any atom is -0.399 e. The van der Waals surface area contributed by atoms with Crippen LogP contribution in [-0.4, -0.2) is 10.9 Å². The van der Waals surface area contributed by atoms with Crippen LogP contribution < -0.4 is 16.8 Å². The average molecular weight is 256 g/mol. The summed E-state index contributed by atoms with van der Waals surface area (Å²) in [5, 5.41) is 3.16. The lowest BCUT2D eigenvalue weighted by molar-refractivity contribution is 0.100. The van der Waals surface area contributed by atoms with Gasteiger partial charge >= 0.3 is 0 Å². The summed E-state index contributed by atoms with van der Waals surface area (Å²) >= 11 is 0. The minimum absolute atomic E-state index is 0.383. The van der Waals surface area contributed by atoms with Crippen molar-refractivity contribution in [3.05, 3.63) is 53.3 Å². The highest BCUT2D eigenvalue weighted by Crippen LogP contribution is 2.19. The van der Waals surface area contributed by atoms with Crippen molar-refractivity contribution < 1.29 is 4.79 Å². The second-order valence-corrected chi connectivity index (χ2v) is 4.29. The van der Waals surface area contributed by atoms with Gasteiger partial charge in [-0.15, -0.1) is 0 Å². The van der Waals surface area contributed by atoms with Crippen LogP contribution in [0.4, 0.5) is 11.4 Å². The van der Waals surface area contributed by atoms with Crippen molar-refractivity contribution in [3.8, 4) is 0 Å². The SMILES string of the molecule is Cc1cccnc1CNc1ccc(N)cc1C(N)=O. The van der Waals surface area contributed by atoms with Gasteiger partial charge in [-0.3, -0.25) is 9.78 Å². The summed E-state index contributed by atoms with van der Waals surface area (Å²) in [4.78, 5) is 15.6. The molecule has 5 N–H and O–H groups in total. The standard InChI is InChI=1S/C14H16N4O/c1-9-3-2-6-17-13(9)8-18-12-5-4-10(15)7-11(12)14(16)19/h2-7,18H,8,15H2,1H3,(H2,16,19). The van der Waals surface area contributed by atoms with Gasteiger partial charge in [0.25, 0.3) is 5.91 Å². The van der Waals surface area contributed by atoms with Gasteiger partial charge in [-0.25, -0.2) is 0 Å². The summed E-state index contributed by atoms with van der Waals surface area (Å²) in [5.41, 5.74) is 14.5. The number of rotatable bonds is 4. The highest BCUT2D eigenvalue weighted by Gasteiger charge is 2.09. The maximum absolute atomic E-state index is 11.4. The largest absolute Gasteiger partial charge is 0.399 e. The van der Waals surface area contributed by atoms with E-state index in [2.05, 4.69) is 10.3 Å². The van der Waals surface area contributed by atoms with Gasteiger partial charge in [-0.2, -0.15) is 0 Å². The van der Waals surface area contributed by atoms with E-state index in [-0.39, 0.29) is 0 Å². The second-order valence-electron chi connectivity index (χ2n) is 4.29. The van der Waals surface area contributed by atoms with Crippen LogP contribution in [0, 0.1) is 6.92 Å². The zero-order valence-corrected chi connectivity index (χ0v) is 10.7. The lowest BCUT2D eigenvalue weighted by Gasteiger charge is -2.11. The van der Waals surface area contributed by atoms with Crippen LogP contribution in [0.15, 0.2) is 36.5 Å². The van der Waals surface area contributed by atoms with Crippen molar-refractivity contribution in [1.82, 2.24) is 4.98 Å². The average Bonchev–Trinajstić information content (AvgIpc) is 2.38. The second kappa shape index (κ2) is 5.39. The van der Waals surface area contributed by atoms with Crippen LogP contribution in [0.25, 0.3) is 0 Å². The number of nitrogen functional groups attached to an aromatic ring is 1. The van der Waals surface area contributed by atoms with E-state index in [1.807, 2.05) is 19.1 Å². The first-order valence-electron chi connectivity index (χ1n) is 5.91. The predicted molar refractivity (Wildman–Crippen MR) is 75.7 cm³/mol. The van der Waals surface area contributed by atoms with Crippen molar-refractivity contribution in [2.24, 2.45) is 5.73 Å². The van der Waals surface area contributed by atoms with E-state index in [1.165, 1.54) is 0 Å². The van der Waals surface area contributed by atoms with Crippen molar-refractivity contribution in [2.75, 3.05) is 11.1 Å². The maximum Gasteiger partial charge on any atom is 0.250 e. The van der Waals surface area contributed by atoms with Crippen LogP contribution >= 0.6 is 0 Å². The molecule has 0 atom stereocenters. The molecular formula is C14H16N4O. The van der Waals surface area contributed by atoms with Crippen LogP contribution in [-0.2, 0) is 6.54 Å². The molecule has 0 aliphatic carbocycles. The van der Waals surface area contributed by atoms with E-state index in [0.29, 0.717) is 23.5 Å². The van der Waals surface area contributed by atoms with Gasteiger partial charge in [0.2, 0.25) is 0 Å². The van der Waals surface area contributed by atoms with Gasteiger partial charge in [-0.1, -0.05) is 6.07 Å². The normalized spacial score (nSPS) is 10.2. The Balaban J connectivity index is 2.20. The maximum atomic E-state index is 11.4. The van der Waals surface area contributed by atoms with E-state index in [0.717, 1.165) is 11.3 Å². The number of aryl methyl sites for hydroxylation is 1. The van der Waals surface area contributed by atoms with Gasteiger partial charge in [0, 0.05) is 17.6 Å². The smallest absolute Gasteiger partial charge is 0.250 e. The number of nitrogens with two attached hydrogens (primary N) is 2. The molecule has 1 amide bonds. The van der Waals surface area contributed by atoms with Gasteiger partial charge in [0.1, 0.15) is 0 Å². The molecule has 0 aliphatic heterocycles. The molecule has 0 spiro atoms. The summed E-state index contributed by atoms with van der Waals surface area (Å²) in [6.45, 7) is 2.51. The van der Waals surface area contributed by atoms with E-state index < -0.39 is 5.91 Å². The van der Waals surface area contributed by atoms with E-state index in [1.54, 1.807) is 24.4 Å². The summed E-state index contributed by atoms with van der Waals surface area (Å²) in [6, 6.07) is 8.91. The molecule has 0 radical (unpaired) electrons. The van der Waals surface area contributed by atoms with Crippen molar-refractivity contribution in [1.29, 1.82) is 0 Å². The number of benzene rings is 1. The number of amides is 1. The molecule has 2 rings (SSSR count). The third-order valence-electron chi connectivity index (χ3n) is 2.87. The number of hydrogen-bond donors (Lipinski definition) is 3. The Labute approximate surface area is 111 Å². The number of pyridine rings is 1. The molecule has 0 saturated carbocycles. The molecule has 1 aromatic carbocycles. The number of carbonyl (C=O) groups is 1. The topological polar surface area (TPSA) is 94.0 Å². The molecule has 1 heterocycles. The summed E-state index contributed by atoms with van der Waals surface area (Å²) < 4.78 is 0. The highest BCUT2D eigenvalue weighted by molar-refractivity contribution is 5.99. The summed E-state index contributed by atoms with van der Waals surface area (Å²) in [5.74, 6) is -0.507. The number of carbonyl (C=O) groups excluding carboxylic acids is 1. The van der Waals surface area contributed by atoms with Crippen molar-refractivity contribution in [2.45, 2.75) is 13.5 Å². The Kier molecular flexibility index (Phi) is 3.66. The molecule has 2 aromatic rings. The molecule has 0 unspecified atom stereocenters. The molecule has 0 saturated heterocycles. The fourth-order valence-electron chi connectivity index (χ4n) is 1.80. The first-order valence-corrected chi connectivity index (χ1v) is 5.91. The Morgan fingerprint density at radius 2 is 2.16 bits per heavy atom. The predicted octanol–water partition coefficient (Wildman–Crippen LogP) is 1.68.